The zero-order valence-corrected chi connectivity index (χ0v) is 29.7. The largest absolute Gasteiger partial charge is 0.472 e. The first-order chi connectivity index (χ1) is 21.8. The van der Waals surface area contributed by atoms with Crippen LogP contribution in [-0.2, 0) is 27.9 Å². The Labute approximate surface area is 275 Å². The summed E-state index contributed by atoms with van der Waals surface area (Å²) in [5.74, 6) is -0.568. The molecule has 0 fully saturated rings. The van der Waals surface area contributed by atoms with Crippen LogP contribution < -0.4 is 5.32 Å². The van der Waals surface area contributed by atoms with Crippen molar-refractivity contribution in [3.8, 4) is 0 Å². The lowest BCUT2D eigenvalue weighted by molar-refractivity contribution is -0.147. The second-order valence-electron chi connectivity index (χ2n) is 12.2. The maximum absolute atomic E-state index is 12.0. The number of carbonyl (C=O) groups is 2. The molecule has 0 spiro atoms. The van der Waals surface area contributed by atoms with Gasteiger partial charge in [-0.3, -0.25) is 18.6 Å². The number of nitrogens with one attached hydrogen (secondary N) is 1. The normalized spacial score (nSPS) is 13.6. The zero-order valence-electron chi connectivity index (χ0n) is 28.8. The number of unbranched alkanes of at least 4 members (excludes halogenated alkanes) is 19. The van der Waals surface area contributed by atoms with Crippen molar-refractivity contribution in [3.05, 3.63) is 12.2 Å². The molecule has 0 aromatic heterocycles. The van der Waals surface area contributed by atoms with E-state index in [4.69, 9.17) is 13.8 Å². The summed E-state index contributed by atoms with van der Waals surface area (Å²) in [6, 6.07) is 0. The minimum atomic E-state index is -4.38. The van der Waals surface area contributed by atoms with E-state index in [0.717, 1.165) is 19.3 Å². The molecule has 0 bridgehead atoms. The summed E-state index contributed by atoms with van der Waals surface area (Å²) in [4.78, 5) is 32.9. The number of ether oxygens (including phenoxy) is 1. The summed E-state index contributed by atoms with van der Waals surface area (Å²) >= 11 is 0. The van der Waals surface area contributed by atoms with Crippen LogP contribution in [0.15, 0.2) is 12.2 Å². The fourth-order valence-electron chi connectivity index (χ4n) is 4.94. The van der Waals surface area contributed by atoms with Crippen LogP contribution in [0.5, 0.6) is 0 Å². The average molecular weight is 662 g/mol. The summed E-state index contributed by atoms with van der Waals surface area (Å²) in [6.07, 6.45) is 31.8. The molecular formula is C35H68NO8P. The van der Waals surface area contributed by atoms with Crippen LogP contribution in [0.1, 0.15) is 168 Å². The molecule has 10 heteroatoms. The van der Waals surface area contributed by atoms with Crippen LogP contribution in [-0.4, -0.2) is 54.3 Å². The number of hydrogen-bond donors (Lipinski definition) is 3. The minimum Gasteiger partial charge on any atom is -0.463 e. The summed E-state index contributed by atoms with van der Waals surface area (Å²) in [6.45, 7) is 3.14. The van der Waals surface area contributed by atoms with Gasteiger partial charge in [0.15, 0.2) is 0 Å². The second-order valence-corrected chi connectivity index (χ2v) is 13.7. The van der Waals surface area contributed by atoms with E-state index in [9.17, 15) is 24.2 Å². The topological polar surface area (TPSA) is 131 Å². The van der Waals surface area contributed by atoms with E-state index < -0.39 is 26.5 Å². The van der Waals surface area contributed by atoms with Gasteiger partial charge in [0.05, 0.1) is 13.2 Å². The maximum Gasteiger partial charge on any atom is 0.472 e. The summed E-state index contributed by atoms with van der Waals surface area (Å²) in [5, 5.41) is 12.4. The Morgan fingerprint density at radius 1 is 0.667 bits per heavy atom. The molecule has 1 amide bonds. The maximum atomic E-state index is 12.0. The first-order valence-electron chi connectivity index (χ1n) is 18.2. The Morgan fingerprint density at radius 3 is 1.67 bits per heavy atom. The van der Waals surface area contributed by atoms with E-state index in [1.807, 2.05) is 6.92 Å². The lowest BCUT2D eigenvalue weighted by Gasteiger charge is -2.15. The number of esters is 1. The molecule has 2 atom stereocenters. The van der Waals surface area contributed by atoms with Crippen LogP contribution in [0.25, 0.3) is 0 Å². The van der Waals surface area contributed by atoms with Crippen LogP contribution in [0.2, 0.25) is 0 Å². The number of rotatable bonds is 34. The molecule has 0 aromatic carbocycles. The molecule has 0 aromatic rings. The van der Waals surface area contributed by atoms with Crippen LogP contribution >= 0.6 is 7.82 Å². The SMILES string of the molecule is CCCCCCCC/C=C/CCCCCCCCCCCCCCCC(=O)NCCOP(=O)(O)OCC(O)COC(=O)CCC. The summed E-state index contributed by atoms with van der Waals surface area (Å²) in [5.41, 5.74) is 0. The molecule has 0 aliphatic carbocycles. The highest BCUT2D eigenvalue weighted by Crippen LogP contribution is 2.42. The second kappa shape index (κ2) is 32.7. The Balaban J connectivity index is 3.43. The van der Waals surface area contributed by atoms with Gasteiger partial charge in [0.2, 0.25) is 5.91 Å². The van der Waals surface area contributed by atoms with Gasteiger partial charge in [-0.1, -0.05) is 129 Å². The lowest BCUT2D eigenvalue weighted by atomic mass is 10.0. The van der Waals surface area contributed by atoms with E-state index in [0.29, 0.717) is 12.8 Å². The van der Waals surface area contributed by atoms with Gasteiger partial charge in [-0.05, 0) is 38.5 Å². The molecule has 0 saturated carbocycles. The number of aliphatic hydroxyl groups excluding tert-OH is 1. The van der Waals surface area contributed by atoms with Gasteiger partial charge in [0, 0.05) is 19.4 Å². The Kier molecular flexibility index (Phi) is 31.8. The molecule has 3 N–H and O–H groups in total. The standard InChI is InChI=1S/C35H68NO8P/c1-3-5-6-7-8-9-10-11-12-13-14-15-16-17-18-19-20-21-22-23-24-25-26-28-34(38)36-29-30-43-45(40,41)44-32-33(37)31-42-35(39)27-4-2/h11-12,33,37H,3-10,13-32H2,1-2H3,(H,36,38)(H,40,41)/b12-11+. The third kappa shape index (κ3) is 33.9. The first kappa shape index (κ1) is 43.8. The molecule has 0 aliphatic rings. The fourth-order valence-corrected chi connectivity index (χ4v) is 5.70. The number of phosphoric ester groups is 1. The number of allylic oxidation sites excluding steroid dienone is 2. The number of hydrogen-bond acceptors (Lipinski definition) is 7. The number of amides is 1. The van der Waals surface area contributed by atoms with E-state index in [1.54, 1.807) is 0 Å². The predicted molar refractivity (Wildman–Crippen MR) is 183 cm³/mol. The van der Waals surface area contributed by atoms with Crippen molar-refractivity contribution in [2.45, 2.75) is 174 Å². The molecule has 0 rings (SSSR count). The van der Waals surface area contributed by atoms with E-state index in [-0.39, 0.29) is 32.1 Å². The monoisotopic (exact) mass is 661 g/mol. The Morgan fingerprint density at radius 2 is 1.16 bits per heavy atom. The molecule has 0 saturated heterocycles. The van der Waals surface area contributed by atoms with Gasteiger partial charge in [-0.15, -0.1) is 0 Å². The van der Waals surface area contributed by atoms with Crippen molar-refractivity contribution in [1.29, 1.82) is 0 Å². The third-order valence-electron chi connectivity index (χ3n) is 7.67. The Bertz CT molecular complexity index is 764. The molecule has 0 radical (unpaired) electrons. The number of aliphatic hydroxyl groups is 1. The molecule has 9 nitrogen and oxygen atoms in total. The molecule has 0 heterocycles. The zero-order chi connectivity index (χ0) is 33.3. The van der Waals surface area contributed by atoms with E-state index in [2.05, 4.69) is 24.4 Å². The average Bonchev–Trinajstić information content (AvgIpc) is 3.01. The fraction of sp³-hybridized carbons (Fsp3) is 0.886. The first-order valence-corrected chi connectivity index (χ1v) is 19.7. The van der Waals surface area contributed by atoms with Crippen LogP contribution in [0, 0.1) is 0 Å². The highest BCUT2D eigenvalue weighted by atomic mass is 31.2. The van der Waals surface area contributed by atoms with Crippen LogP contribution in [0.4, 0.5) is 0 Å². The summed E-state index contributed by atoms with van der Waals surface area (Å²) < 4.78 is 26.2. The van der Waals surface area contributed by atoms with Gasteiger partial charge in [-0.25, -0.2) is 4.57 Å². The molecule has 45 heavy (non-hydrogen) atoms. The van der Waals surface area contributed by atoms with Crippen molar-refractivity contribution in [3.63, 3.8) is 0 Å². The van der Waals surface area contributed by atoms with Crippen molar-refractivity contribution in [1.82, 2.24) is 5.32 Å². The van der Waals surface area contributed by atoms with Crippen molar-refractivity contribution < 1.29 is 37.9 Å². The lowest BCUT2D eigenvalue weighted by Crippen LogP contribution is -2.27. The highest BCUT2D eigenvalue weighted by molar-refractivity contribution is 7.47. The molecule has 2 unspecified atom stereocenters. The highest BCUT2D eigenvalue weighted by Gasteiger charge is 2.23. The van der Waals surface area contributed by atoms with E-state index >= 15 is 0 Å². The molecular weight excluding hydrogens is 593 g/mol. The minimum absolute atomic E-state index is 0.0840. The smallest absolute Gasteiger partial charge is 0.463 e. The number of carbonyl (C=O) groups excluding carboxylic acids is 2. The van der Waals surface area contributed by atoms with Crippen molar-refractivity contribution in [2.24, 2.45) is 0 Å². The van der Waals surface area contributed by atoms with Gasteiger partial charge in [0.1, 0.15) is 12.7 Å². The van der Waals surface area contributed by atoms with Crippen molar-refractivity contribution >= 4 is 19.7 Å². The Hall–Kier alpha value is -1.25. The van der Waals surface area contributed by atoms with Crippen LogP contribution in [0.3, 0.4) is 0 Å². The quantitative estimate of drug-likeness (QED) is 0.0269. The van der Waals surface area contributed by atoms with Gasteiger partial charge in [0.25, 0.3) is 0 Å². The van der Waals surface area contributed by atoms with Crippen molar-refractivity contribution in [2.75, 3.05) is 26.4 Å². The van der Waals surface area contributed by atoms with Gasteiger partial charge < -0.3 is 20.1 Å². The third-order valence-corrected chi connectivity index (χ3v) is 8.65. The molecule has 0 aliphatic heterocycles. The number of phosphoric acid groups is 1. The predicted octanol–water partition coefficient (Wildman–Crippen LogP) is 9.10. The summed E-state index contributed by atoms with van der Waals surface area (Å²) in [7, 11) is -4.38. The van der Waals surface area contributed by atoms with Gasteiger partial charge >= 0.3 is 13.8 Å². The van der Waals surface area contributed by atoms with Gasteiger partial charge in [-0.2, -0.15) is 0 Å². The molecule has 266 valence electrons. The van der Waals surface area contributed by atoms with E-state index in [1.165, 1.54) is 116 Å².